The highest BCUT2D eigenvalue weighted by Crippen LogP contribution is 2.20. The van der Waals surface area contributed by atoms with E-state index in [0.29, 0.717) is 0 Å². The first kappa shape index (κ1) is 10.9. The Morgan fingerprint density at radius 2 is 1.93 bits per heavy atom. The monoisotopic (exact) mass is 193 g/mol. The lowest BCUT2D eigenvalue weighted by molar-refractivity contribution is 0.456. The zero-order valence-electron chi connectivity index (χ0n) is 8.76. The van der Waals surface area contributed by atoms with E-state index in [9.17, 15) is 4.39 Å². The summed E-state index contributed by atoms with van der Waals surface area (Å²) in [4.78, 5) is 4.11. The van der Waals surface area contributed by atoms with Gasteiger partial charge in [-0.05, 0) is 44.2 Å². The highest BCUT2D eigenvalue weighted by atomic mass is 19.1. The molecule has 0 bridgehead atoms. The van der Waals surface area contributed by atoms with E-state index in [1.165, 1.54) is 12.1 Å². The molecule has 14 heavy (non-hydrogen) atoms. The molecule has 1 nitrogen and oxygen atoms in total. The van der Waals surface area contributed by atoms with Gasteiger partial charge in [0.05, 0.1) is 5.54 Å². The molecule has 76 valence electrons. The third-order valence-corrected chi connectivity index (χ3v) is 2.64. The summed E-state index contributed by atoms with van der Waals surface area (Å²) >= 11 is 0. The molecule has 1 rings (SSSR count). The second-order valence-corrected chi connectivity index (χ2v) is 3.81. The fourth-order valence-electron chi connectivity index (χ4n) is 1.33. The van der Waals surface area contributed by atoms with Gasteiger partial charge in [0, 0.05) is 0 Å². The van der Waals surface area contributed by atoms with Crippen LogP contribution >= 0.6 is 0 Å². The van der Waals surface area contributed by atoms with Crippen molar-refractivity contribution in [1.82, 2.24) is 0 Å². The zero-order chi connectivity index (χ0) is 10.6. The zero-order valence-corrected chi connectivity index (χ0v) is 8.76. The minimum absolute atomic E-state index is 0.127. The van der Waals surface area contributed by atoms with Gasteiger partial charge in [0.1, 0.15) is 5.82 Å². The van der Waals surface area contributed by atoms with Gasteiger partial charge in [0.15, 0.2) is 0 Å². The van der Waals surface area contributed by atoms with Crippen molar-refractivity contribution >= 4 is 6.72 Å². The van der Waals surface area contributed by atoms with E-state index in [1.807, 2.05) is 0 Å². The van der Waals surface area contributed by atoms with Crippen molar-refractivity contribution < 1.29 is 4.39 Å². The molecule has 0 saturated heterocycles. The summed E-state index contributed by atoms with van der Waals surface area (Å²) in [7, 11) is 0. The number of aliphatic imine (C=N–C) groups is 1. The van der Waals surface area contributed by atoms with E-state index in [4.69, 9.17) is 0 Å². The van der Waals surface area contributed by atoms with E-state index >= 15 is 0 Å². The van der Waals surface area contributed by atoms with E-state index in [2.05, 4.69) is 25.6 Å². The minimum Gasteiger partial charge on any atom is -0.294 e. The summed E-state index contributed by atoms with van der Waals surface area (Å²) in [6.45, 7) is 7.73. The highest BCUT2D eigenvalue weighted by Gasteiger charge is 2.19. The summed E-state index contributed by atoms with van der Waals surface area (Å²) in [5.74, 6) is -0.196. The molecule has 1 atom stereocenters. The topological polar surface area (TPSA) is 12.4 Å². The first-order valence-corrected chi connectivity index (χ1v) is 4.82. The van der Waals surface area contributed by atoms with Crippen molar-refractivity contribution in [2.24, 2.45) is 4.99 Å². The van der Waals surface area contributed by atoms with Gasteiger partial charge in [-0.15, -0.1) is 0 Å². The molecule has 0 aliphatic heterocycles. The molecule has 1 aromatic carbocycles. The van der Waals surface area contributed by atoms with Crippen LogP contribution in [0.15, 0.2) is 29.3 Å². The summed E-state index contributed by atoms with van der Waals surface area (Å²) in [5.41, 5.74) is 0.973. The fourth-order valence-corrected chi connectivity index (χ4v) is 1.33. The third-order valence-electron chi connectivity index (χ3n) is 2.64. The van der Waals surface area contributed by atoms with Crippen molar-refractivity contribution in [2.75, 3.05) is 0 Å². The van der Waals surface area contributed by atoms with E-state index < -0.39 is 0 Å². The van der Waals surface area contributed by atoms with Crippen LogP contribution in [0.25, 0.3) is 0 Å². The number of nitrogens with zero attached hydrogens (tertiary/aromatic N) is 1. The molecule has 0 amide bonds. The largest absolute Gasteiger partial charge is 0.294 e. The number of benzene rings is 1. The lowest BCUT2D eigenvalue weighted by Gasteiger charge is -2.22. The van der Waals surface area contributed by atoms with Crippen LogP contribution in [-0.4, -0.2) is 12.3 Å². The summed E-state index contributed by atoms with van der Waals surface area (Å²) in [6, 6.07) is 6.56. The van der Waals surface area contributed by atoms with Gasteiger partial charge in [-0.2, -0.15) is 0 Å². The Morgan fingerprint density at radius 1 is 1.36 bits per heavy atom. The first-order chi connectivity index (χ1) is 6.59. The lowest BCUT2D eigenvalue weighted by Crippen LogP contribution is -2.23. The van der Waals surface area contributed by atoms with Gasteiger partial charge in [-0.3, -0.25) is 4.99 Å². The second-order valence-electron chi connectivity index (χ2n) is 3.81. The molecule has 0 unspecified atom stereocenters. The molecule has 0 aromatic heterocycles. The van der Waals surface area contributed by atoms with Gasteiger partial charge in [0.2, 0.25) is 0 Å². The Labute approximate surface area is 84.7 Å². The van der Waals surface area contributed by atoms with E-state index in [1.54, 1.807) is 12.1 Å². The van der Waals surface area contributed by atoms with Crippen molar-refractivity contribution in [3.63, 3.8) is 0 Å². The van der Waals surface area contributed by atoms with Crippen LogP contribution < -0.4 is 0 Å². The molecule has 2 heteroatoms. The van der Waals surface area contributed by atoms with Gasteiger partial charge >= 0.3 is 0 Å². The van der Waals surface area contributed by atoms with Crippen LogP contribution in [0.3, 0.4) is 0 Å². The molecule has 0 radical (unpaired) electrons. The molecular formula is C12H16FN. The van der Waals surface area contributed by atoms with Crippen LogP contribution in [-0.2, 0) is 6.42 Å². The van der Waals surface area contributed by atoms with Crippen molar-refractivity contribution in [3.05, 3.63) is 35.6 Å². The van der Waals surface area contributed by atoms with Gasteiger partial charge < -0.3 is 0 Å². The Morgan fingerprint density at radius 3 is 2.36 bits per heavy atom. The first-order valence-electron chi connectivity index (χ1n) is 4.82. The smallest absolute Gasteiger partial charge is 0.123 e. The Hall–Kier alpha value is -1.18. The van der Waals surface area contributed by atoms with Gasteiger partial charge in [0.25, 0.3) is 0 Å². The SMILES string of the molecule is C=N[C@](C)(CC)Cc1ccc(F)cc1. The van der Waals surface area contributed by atoms with Crippen LogP contribution in [0.4, 0.5) is 4.39 Å². The number of rotatable bonds is 4. The van der Waals surface area contributed by atoms with Crippen LogP contribution in [0.1, 0.15) is 25.8 Å². The predicted molar refractivity (Wildman–Crippen MR) is 58.3 cm³/mol. The maximum absolute atomic E-state index is 12.6. The average Bonchev–Trinajstić information content (AvgIpc) is 2.21. The number of hydrogen-bond acceptors (Lipinski definition) is 1. The van der Waals surface area contributed by atoms with Crippen LogP contribution in [0.5, 0.6) is 0 Å². The van der Waals surface area contributed by atoms with Crippen molar-refractivity contribution in [1.29, 1.82) is 0 Å². The van der Waals surface area contributed by atoms with E-state index in [-0.39, 0.29) is 11.4 Å². The highest BCUT2D eigenvalue weighted by molar-refractivity contribution is 5.27. The number of hydrogen-bond donors (Lipinski definition) is 0. The third kappa shape index (κ3) is 2.66. The molecule has 0 spiro atoms. The van der Waals surface area contributed by atoms with Gasteiger partial charge in [-0.25, -0.2) is 4.39 Å². The Kier molecular flexibility index (Phi) is 3.39. The van der Waals surface area contributed by atoms with Crippen molar-refractivity contribution in [3.8, 4) is 0 Å². The number of halogens is 1. The Bertz CT molecular complexity index is 305. The molecule has 1 aromatic rings. The molecule has 0 aliphatic rings. The summed E-state index contributed by atoms with van der Waals surface area (Å²) < 4.78 is 12.6. The second kappa shape index (κ2) is 4.36. The predicted octanol–water partition coefficient (Wildman–Crippen LogP) is 3.24. The van der Waals surface area contributed by atoms with Crippen LogP contribution in [0, 0.1) is 5.82 Å². The molecule has 0 aliphatic carbocycles. The quantitative estimate of drug-likeness (QED) is 0.651. The molecule has 0 fully saturated rings. The van der Waals surface area contributed by atoms with E-state index in [0.717, 1.165) is 18.4 Å². The maximum Gasteiger partial charge on any atom is 0.123 e. The maximum atomic E-state index is 12.6. The molecule has 0 heterocycles. The van der Waals surface area contributed by atoms with Gasteiger partial charge in [-0.1, -0.05) is 19.1 Å². The normalized spacial score (nSPS) is 14.8. The van der Waals surface area contributed by atoms with Crippen LogP contribution in [0.2, 0.25) is 0 Å². The molecular weight excluding hydrogens is 177 g/mol. The fraction of sp³-hybridized carbons (Fsp3) is 0.417. The minimum atomic E-state index is -0.196. The average molecular weight is 193 g/mol. The summed E-state index contributed by atoms with van der Waals surface area (Å²) in [6.07, 6.45) is 1.75. The lowest BCUT2D eigenvalue weighted by atomic mass is 9.91. The van der Waals surface area contributed by atoms with Crippen molar-refractivity contribution in [2.45, 2.75) is 32.2 Å². The molecule has 0 saturated carbocycles. The molecule has 0 N–H and O–H groups in total. The Balaban J connectivity index is 2.77. The standard InChI is InChI=1S/C12H16FN/c1-4-12(2,14-3)9-10-5-7-11(13)8-6-10/h5-8H,3-4,9H2,1-2H3/t12-/m1/s1. The summed E-state index contributed by atoms with van der Waals surface area (Å²) in [5, 5.41) is 0.